The third kappa shape index (κ3) is 2.48. The summed E-state index contributed by atoms with van der Waals surface area (Å²) in [6.07, 6.45) is 2.22. The monoisotopic (exact) mass is 372 g/mol. The molecule has 26 heavy (non-hydrogen) atoms. The Labute approximate surface area is 152 Å². The van der Waals surface area contributed by atoms with Crippen LogP contribution in [0.1, 0.15) is 19.1 Å². The molecule has 0 atom stereocenters. The van der Waals surface area contributed by atoms with Crippen LogP contribution in [0.3, 0.4) is 0 Å². The zero-order chi connectivity index (χ0) is 18.4. The summed E-state index contributed by atoms with van der Waals surface area (Å²) in [6.45, 7) is 4.19. The molecule has 1 aromatic carbocycles. The lowest BCUT2D eigenvalue weighted by Gasteiger charge is -2.15. The number of phenols is 1. The second-order valence-electron chi connectivity index (χ2n) is 6.01. The number of thioether (sulfide) groups is 1. The van der Waals surface area contributed by atoms with Crippen LogP contribution in [0, 0.1) is 6.92 Å². The molecule has 3 aromatic rings. The van der Waals surface area contributed by atoms with E-state index in [1.54, 1.807) is 17.9 Å². The molecule has 0 unspecified atom stereocenters. The fourth-order valence-electron chi connectivity index (χ4n) is 3.04. The van der Waals surface area contributed by atoms with Crippen molar-refractivity contribution >= 4 is 50.5 Å². The van der Waals surface area contributed by atoms with Crippen LogP contribution < -0.4 is 5.43 Å². The van der Waals surface area contributed by atoms with Gasteiger partial charge in [0.05, 0.1) is 17.4 Å². The molecule has 3 heterocycles. The van der Waals surface area contributed by atoms with E-state index >= 15 is 0 Å². The standard InChI is InChI=1S/C18H16N2O5S/c1-3-5-20-12(22)8-26-18(20)19-14-16-10(4-6-24-16)15(23)13-11(21)7-9(2)25-17(13)14/h4,6-7,23H,3,5,8H2,1-2H3. The van der Waals surface area contributed by atoms with Gasteiger partial charge in [-0.05, 0) is 19.4 Å². The second-order valence-corrected chi connectivity index (χ2v) is 6.96. The number of benzene rings is 1. The molecule has 4 rings (SSSR count). The van der Waals surface area contributed by atoms with Crippen LogP contribution in [-0.4, -0.2) is 33.4 Å². The van der Waals surface area contributed by atoms with Crippen molar-refractivity contribution in [3.8, 4) is 5.75 Å². The number of phenolic OH excluding ortho intramolecular Hbond substituents is 1. The number of rotatable bonds is 3. The predicted octanol–water partition coefficient (Wildman–Crippen LogP) is 3.53. The summed E-state index contributed by atoms with van der Waals surface area (Å²) in [5, 5.41) is 11.5. The summed E-state index contributed by atoms with van der Waals surface area (Å²) in [6, 6.07) is 2.89. The summed E-state index contributed by atoms with van der Waals surface area (Å²) >= 11 is 1.33. The van der Waals surface area contributed by atoms with Crippen LogP contribution in [0.15, 0.2) is 37.0 Å². The van der Waals surface area contributed by atoms with Gasteiger partial charge in [-0.25, -0.2) is 4.99 Å². The van der Waals surface area contributed by atoms with Crippen molar-refractivity contribution in [2.45, 2.75) is 20.3 Å². The van der Waals surface area contributed by atoms with Crippen molar-refractivity contribution in [3.05, 3.63) is 34.4 Å². The van der Waals surface area contributed by atoms with E-state index in [4.69, 9.17) is 8.83 Å². The number of amides is 1. The molecule has 2 aromatic heterocycles. The maximum Gasteiger partial charge on any atom is 0.239 e. The number of aryl methyl sites for hydroxylation is 1. The van der Waals surface area contributed by atoms with E-state index in [1.165, 1.54) is 24.1 Å². The van der Waals surface area contributed by atoms with Crippen LogP contribution in [0.5, 0.6) is 5.75 Å². The van der Waals surface area contributed by atoms with Gasteiger partial charge in [-0.2, -0.15) is 0 Å². The zero-order valence-corrected chi connectivity index (χ0v) is 15.1. The van der Waals surface area contributed by atoms with Gasteiger partial charge in [-0.15, -0.1) is 0 Å². The molecule has 0 spiro atoms. The first-order valence-electron chi connectivity index (χ1n) is 8.19. The Bertz CT molecular complexity index is 1130. The molecule has 134 valence electrons. The highest BCUT2D eigenvalue weighted by Gasteiger charge is 2.29. The molecule has 0 radical (unpaired) electrons. The predicted molar refractivity (Wildman–Crippen MR) is 100 cm³/mol. The van der Waals surface area contributed by atoms with E-state index in [-0.39, 0.29) is 28.1 Å². The van der Waals surface area contributed by atoms with Gasteiger partial charge < -0.3 is 13.9 Å². The topological polar surface area (TPSA) is 96.3 Å². The Hall–Kier alpha value is -2.74. The Morgan fingerprint density at radius 2 is 2.15 bits per heavy atom. The largest absolute Gasteiger partial charge is 0.506 e. The molecular weight excluding hydrogens is 356 g/mol. The van der Waals surface area contributed by atoms with E-state index in [2.05, 4.69) is 4.99 Å². The number of nitrogens with zero attached hydrogens (tertiary/aromatic N) is 2. The number of aliphatic imine (C=N–C) groups is 1. The number of hydrogen-bond acceptors (Lipinski definition) is 7. The normalized spacial score (nSPS) is 16.5. The van der Waals surface area contributed by atoms with Crippen molar-refractivity contribution in [1.82, 2.24) is 4.90 Å². The first kappa shape index (κ1) is 16.7. The van der Waals surface area contributed by atoms with Gasteiger partial charge in [-0.3, -0.25) is 14.5 Å². The summed E-state index contributed by atoms with van der Waals surface area (Å²) in [4.78, 5) is 30.7. The number of fused-ring (bicyclic) bond motifs is 2. The Balaban J connectivity index is 2.06. The highest BCUT2D eigenvalue weighted by Crippen LogP contribution is 2.42. The molecule has 7 nitrogen and oxygen atoms in total. The smallest absolute Gasteiger partial charge is 0.239 e. The summed E-state index contributed by atoms with van der Waals surface area (Å²) < 4.78 is 11.2. The van der Waals surface area contributed by atoms with E-state index in [0.717, 1.165) is 6.42 Å². The highest BCUT2D eigenvalue weighted by atomic mass is 32.2. The number of hydrogen-bond donors (Lipinski definition) is 1. The lowest BCUT2D eigenvalue weighted by atomic mass is 10.1. The minimum absolute atomic E-state index is 0.00740. The van der Waals surface area contributed by atoms with Crippen LogP contribution in [0.2, 0.25) is 0 Å². The molecule has 8 heteroatoms. The average Bonchev–Trinajstić information content (AvgIpc) is 3.20. The second kappa shape index (κ2) is 6.21. The van der Waals surface area contributed by atoms with E-state index < -0.39 is 0 Å². The number of furan rings is 1. The summed E-state index contributed by atoms with van der Waals surface area (Å²) in [5.41, 5.74) is 0.412. The van der Waals surface area contributed by atoms with Gasteiger partial charge in [-0.1, -0.05) is 18.7 Å². The quantitative estimate of drug-likeness (QED) is 0.755. The Morgan fingerprint density at radius 1 is 1.35 bits per heavy atom. The van der Waals surface area contributed by atoms with E-state index in [1.807, 2.05) is 6.92 Å². The molecule has 1 aliphatic rings. The third-order valence-corrected chi connectivity index (χ3v) is 5.13. The van der Waals surface area contributed by atoms with Gasteiger partial charge in [0.15, 0.2) is 27.4 Å². The van der Waals surface area contributed by atoms with Crippen molar-refractivity contribution in [3.63, 3.8) is 0 Å². The molecule has 1 saturated heterocycles. The number of carbonyl (C=O) groups is 1. The maximum atomic E-state index is 12.4. The van der Waals surface area contributed by atoms with E-state index in [0.29, 0.717) is 39.9 Å². The molecule has 0 aliphatic carbocycles. The first-order valence-corrected chi connectivity index (χ1v) is 9.18. The van der Waals surface area contributed by atoms with Gasteiger partial charge in [0.2, 0.25) is 5.91 Å². The van der Waals surface area contributed by atoms with Crippen molar-refractivity contribution in [2.24, 2.45) is 4.99 Å². The highest BCUT2D eigenvalue weighted by molar-refractivity contribution is 8.15. The molecule has 0 saturated carbocycles. The average molecular weight is 372 g/mol. The van der Waals surface area contributed by atoms with E-state index in [9.17, 15) is 14.7 Å². The third-order valence-electron chi connectivity index (χ3n) is 4.17. The van der Waals surface area contributed by atoms with Crippen LogP contribution in [-0.2, 0) is 4.79 Å². The van der Waals surface area contributed by atoms with Crippen molar-refractivity contribution in [1.29, 1.82) is 0 Å². The van der Waals surface area contributed by atoms with Gasteiger partial charge >= 0.3 is 0 Å². The molecule has 1 fully saturated rings. The summed E-state index contributed by atoms with van der Waals surface area (Å²) in [5.74, 6) is 0.517. The van der Waals surface area contributed by atoms with Crippen molar-refractivity contribution < 1.29 is 18.7 Å². The molecule has 1 amide bonds. The lowest BCUT2D eigenvalue weighted by Crippen LogP contribution is -2.30. The maximum absolute atomic E-state index is 12.4. The lowest BCUT2D eigenvalue weighted by molar-refractivity contribution is -0.124. The zero-order valence-electron chi connectivity index (χ0n) is 14.2. The number of amidine groups is 1. The fraction of sp³-hybridized carbons (Fsp3) is 0.278. The number of aromatic hydroxyl groups is 1. The molecule has 1 N–H and O–H groups in total. The molecular formula is C18H16N2O5S. The first-order chi connectivity index (χ1) is 12.5. The molecule has 0 bridgehead atoms. The van der Waals surface area contributed by atoms with Crippen LogP contribution in [0.4, 0.5) is 5.69 Å². The Morgan fingerprint density at radius 3 is 2.92 bits per heavy atom. The summed E-state index contributed by atoms with van der Waals surface area (Å²) in [7, 11) is 0. The minimum atomic E-state index is -0.355. The van der Waals surface area contributed by atoms with Gasteiger partial charge in [0.1, 0.15) is 16.9 Å². The minimum Gasteiger partial charge on any atom is -0.506 e. The fourth-order valence-corrected chi connectivity index (χ4v) is 3.95. The van der Waals surface area contributed by atoms with Crippen molar-refractivity contribution in [2.75, 3.05) is 12.3 Å². The number of carbonyl (C=O) groups excluding carboxylic acids is 1. The SMILES string of the molecule is CCCN1C(=O)CSC1=Nc1c2occc2c(O)c2c(=O)cc(C)oc12. The van der Waals surface area contributed by atoms with Crippen LogP contribution >= 0.6 is 11.8 Å². The van der Waals surface area contributed by atoms with Crippen LogP contribution in [0.25, 0.3) is 21.9 Å². The van der Waals surface area contributed by atoms with Gasteiger partial charge in [0, 0.05) is 12.6 Å². The van der Waals surface area contributed by atoms with Gasteiger partial charge in [0.25, 0.3) is 0 Å². The molecule has 1 aliphatic heterocycles. The Kier molecular flexibility index (Phi) is 3.99.